The summed E-state index contributed by atoms with van der Waals surface area (Å²) < 4.78 is 2.18. The van der Waals surface area contributed by atoms with Crippen molar-refractivity contribution in [1.29, 1.82) is 0 Å². The molecule has 1 aromatic heterocycles. The second-order valence-electron chi connectivity index (χ2n) is 6.25. The molecule has 1 fully saturated rings. The summed E-state index contributed by atoms with van der Waals surface area (Å²) in [5.41, 5.74) is 8.50. The van der Waals surface area contributed by atoms with Gasteiger partial charge in [-0.3, -0.25) is 0 Å². The number of nitrogens with zero attached hydrogens (tertiary/aromatic N) is 3. The number of benzene rings is 1. The zero-order valence-corrected chi connectivity index (χ0v) is 12.8. The maximum absolute atomic E-state index is 10.0. The van der Waals surface area contributed by atoms with Crippen LogP contribution in [0.15, 0.2) is 18.2 Å². The molecule has 21 heavy (non-hydrogen) atoms. The summed E-state index contributed by atoms with van der Waals surface area (Å²) in [6, 6.07) is 5.80. The molecule has 0 spiro atoms. The lowest BCUT2D eigenvalue weighted by Crippen LogP contribution is -2.32. The first-order valence-electron chi connectivity index (χ1n) is 7.67. The van der Waals surface area contributed by atoms with Crippen molar-refractivity contribution in [1.82, 2.24) is 14.5 Å². The second-order valence-corrected chi connectivity index (χ2v) is 6.25. The molecule has 114 valence electrons. The fraction of sp³-hybridized carbons (Fsp3) is 0.562. The highest BCUT2D eigenvalue weighted by atomic mass is 16.3. The van der Waals surface area contributed by atoms with Crippen molar-refractivity contribution >= 4 is 16.7 Å². The Morgan fingerprint density at radius 2 is 2.10 bits per heavy atom. The van der Waals surface area contributed by atoms with Crippen LogP contribution in [-0.2, 0) is 6.54 Å². The van der Waals surface area contributed by atoms with Crippen LogP contribution in [0.2, 0.25) is 0 Å². The zero-order chi connectivity index (χ0) is 15.0. The summed E-state index contributed by atoms with van der Waals surface area (Å²) in [6.45, 7) is 4.99. The number of fused-ring (bicyclic) bond motifs is 1. The van der Waals surface area contributed by atoms with Crippen molar-refractivity contribution in [3.8, 4) is 0 Å². The highest BCUT2D eigenvalue weighted by Crippen LogP contribution is 2.26. The van der Waals surface area contributed by atoms with Crippen LogP contribution in [0.1, 0.15) is 31.7 Å². The number of aromatic nitrogens is 2. The molecular weight excluding hydrogens is 264 g/mol. The van der Waals surface area contributed by atoms with Gasteiger partial charge in [0, 0.05) is 12.2 Å². The summed E-state index contributed by atoms with van der Waals surface area (Å²) in [6.07, 6.45) is 1.83. The third-order valence-electron chi connectivity index (χ3n) is 4.45. The van der Waals surface area contributed by atoms with Gasteiger partial charge in [-0.05, 0) is 64.0 Å². The van der Waals surface area contributed by atoms with Crippen LogP contribution in [0.25, 0.3) is 11.0 Å². The Morgan fingerprint density at radius 1 is 1.38 bits per heavy atom. The van der Waals surface area contributed by atoms with E-state index in [0.717, 1.165) is 36.5 Å². The van der Waals surface area contributed by atoms with E-state index in [1.807, 2.05) is 18.2 Å². The maximum atomic E-state index is 10.0. The van der Waals surface area contributed by atoms with Crippen LogP contribution in [0.4, 0.5) is 5.69 Å². The van der Waals surface area contributed by atoms with E-state index in [1.165, 1.54) is 12.8 Å². The molecule has 1 atom stereocenters. The molecule has 0 bridgehead atoms. The van der Waals surface area contributed by atoms with Crippen molar-refractivity contribution in [3.05, 3.63) is 24.0 Å². The van der Waals surface area contributed by atoms with Gasteiger partial charge in [-0.15, -0.1) is 0 Å². The lowest BCUT2D eigenvalue weighted by Gasteiger charge is -2.29. The van der Waals surface area contributed by atoms with Crippen molar-refractivity contribution < 1.29 is 5.11 Å². The largest absolute Gasteiger partial charge is 0.399 e. The van der Waals surface area contributed by atoms with Gasteiger partial charge in [-0.25, -0.2) is 4.98 Å². The third-order valence-corrected chi connectivity index (χ3v) is 4.45. The zero-order valence-electron chi connectivity index (χ0n) is 12.8. The van der Waals surface area contributed by atoms with Gasteiger partial charge < -0.3 is 20.3 Å². The average Bonchev–Trinajstić information content (AvgIpc) is 2.79. The van der Waals surface area contributed by atoms with Crippen LogP contribution in [-0.4, -0.2) is 39.7 Å². The topological polar surface area (TPSA) is 67.3 Å². The summed E-state index contributed by atoms with van der Waals surface area (Å²) in [4.78, 5) is 6.95. The number of aliphatic hydroxyl groups excluding tert-OH is 1. The van der Waals surface area contributed by atoms with E-state index in [0.29, 0.717) is 11.6 Å². The van der Waals surface area contributed by atoms with E-state index in [2.05, 4.69) is 21.5 Å². The first kappa shape index (κ1) is 14.4. The van der Waals surface area contributed by atoms with Crippen LogP contribution in [0, 0.1) is 5.92 Å². The minimum atomic E-state index is -0.565. The number of nitrogens with two attached hydrogens (primary N) is 1. The van der Waals surface area contributed by atoms with Gasteiger partial charge >= 0.3 is 0 Å². The highest BCUT2D eigenvalue weighted by molar-refractivity contribution is 5.79. The summed E-state index contributed by atoms with van der Waals surface area (Å²) in [5, 5.41) is 10.0. The van der Waals surface area contributed by atoms with Crippen LogP contribution in [0.3, 0.4) is 0 Å². The van der Waals surface area contributed by atoms with E-state index in [4.69, 9.17) is 5.73 Å². The Balaban J connectivity index is 1.93. The number of hydrogen-bond donors (Lipinski definition) is 2. The molecule has 1 aliphatic heterocycles. The Hall–Kier alpha value is -1.59. The molecule has 5 nitrogen and oxygen atoms in total. The number of rotatable bonds is 3. The van der Waals surface area contributed by atoms with Gasteiger partial charge in [0.15, 0.2) is 0 Å². The van der Waals surface area contributed by atoms with Crippen LogP contribution >= 0.6 is 0 Å². The standard InChI is InChI=1S/C16H24N4O/c1-11(21)16-18-14-9-13(17)3-4-15(14)20(16)10-12-5-7-19(2)8-6-12/h3-4,9,11-12,21H,5-8,10,17H2,1-2H3. The van der Waals surface area contributed by atoms with Crippen LogP contribution < -0.4 is 5.73 Å². The summed E-state index contributed by atoms with van der Waals surface area (Å²) in [7, 11) is 2.17. The molecule has 1 aliphatic rings. The molecule has 2 aromatic rings. The Bertz CT molecular complexity index is 626. The van der Waals surface area contributed by atoms with Crippen molar-refractivity contribution in [3.63, 3.8) is 0 Å². The first-order chi connectivity index (χ1) is 10.0. The molecule has 0 aliphatic carbocycles. The molecule has 3 N–H and O–H groups in total. The monoisotopic (exact) mass is 288 g/mol. The SMILES string of the molecule is CC(O)c1nc2cc(N)ccc2n1CC1CCN(C)CC1. The second kappa shape index (κ2) is 5.66. The maximum Gasteiger partial charge on any atom is 0.138 e. The quantitative estimate of drug-likeness (QED) is 0.848. The van der Waals surface area contributed by atoms with Gasteiger partial charge in [0.25, 0.3) is 0 Å². The third kappa shape index (κ3) is 2.89. The van der Waals surface area contributed by atoms with Crippen molar-refractivity contribution in [2.45, 2.75) is 32.4 Å². The predicted molar refractivity (Wildman–Crippen MR) is 85.0 cm³/mol. The molecule has 1 aromatic carbocycles. The molecule has 3 rings (SSSR count). The fourth-order valence-electron chi connectivity index (χ4n) is 3.18. The van der Waals surface area contributed by atoms with Gasteiger partial charge in [0.05, 0.1) is 11.0 Å². The lowest BCUT2D eigenvalue weighted by molar-refractivity contribution is 0.173. The molecule has 1 saturated heterocycles. The number of piperidine rings is 1. The Labute approximate surface area is 125 Å². The molecule has 0 amide bonds. The van der Waals surface area contributed by atoms with Crippen LogP contribution in [0.5, 0.6) is 0 Å². The van der Waals surface area contributed by atoms with E-state index in [9.17, 15) is 5.11 Å². The molecule has 1 unspecified atom stereocenters. The van der Waals surface area contributed by atoms with Crippen molar-refractivity contribution in [2.24, 2.45) is 5.92 Å². The Kier molecular flexibility index (Phi) is 3.87. The Morgan fingerprint density at radius 3 is 2.76 bits per heavy atom. The first-order valence-corrected chi connectivity index (χ1v) is 7.67. The number of aliphatic hydroxyl groups is 1. The van der Waals surface area contributed by atoms with E-state index < -0.39 is 6.10 Å². The molecule has 0 radical (unpaired) electrons. The number of hydrogen-bond acceptors (Lipinski definition) is 4. The van der Waals surface area contributed by atoms with E-state index in [1.54, 1.807) is 6.92 Å². The van der Waals surface area contributed by atoms with Gasteiger partial charge in [0.1, 0.15) is 11.9 Å². The average molecular weight is 288 g/mol. The number of anilines is 1. The van der Waals surface area contributed by atoms with Crippen molar-refractivity contribution in [2.75, 3.05) is 25.9 Å². The molecular formula is C16H24N4O. The number of nitrogen functional groups attached to an aromatic ring is 1. The minimum absolute atomic E-state index is 0.565. The van der Waals surface area contributed by atoms with E-state index in [-0.39, 0.29) is 0 Å². The van der Waals surface area contributed by atoms with Gasteiger partial charge in [-0.2, -0.15) is 0 Å². The van der Waals surface area contributed by atoms with E-state index >= 15 is 0 Å². The molecule has 2 heterocycles. The van der Waals surface area contributed by atoms with Gasteiger partial charge in [-0.1, -0.05) is 0 Å². The van der Waals surface area contributed by atoms with Gasteiger partial charge in [0.2, 0.25) is 0 Å². The lowest BCUT2D eigenvalue weighted by atomic mass is 9.97. The summed E-state index contributed by atoms with van der Waals surface area (Å²) >= 11 is 0. The fourth-order valence-corrected chi connectivity index (χ4v) is 3.18. The smallest absolute Gasteiger partial charge is 0.138 e. The minimum Gasteiger partial charge on any atom is -0.399 e. The number of likely N-dealkylation sites (tertiary alicyclic amines) is 1. The number of imidazole rings is 1. The molecule has 0 saturated carbocycles. The summed E-state index contributed by atoms with van der Waals surface area (Å²) in [5.74, 6) is 1.39. The highest BCUT2D eigenvalue weighted by Gasteiger charge is 2.21. The molecule has 5 heteroatoms. The normalized spacial score (nSPS) is 19.2. The predicted octanol–water partition coefficient (Wildman–Crippen LogP) is 2.01.